The number of hydrogen-bond donors (Lipinski definition) is 1. The van der Waals surface area contributed by atoms with Gasteiger partial charge in [-0.25, -0.2) is 4.79 Å². The van der Waals surface area contributed by atoms with Crippen molar-refractivity contribution < 1.29 is 19.0 Å². The molecule has 1 N–H and O–H groups in total. The standard InChI is InChI=1S/C11H13NO4/c1-14-9-5-3-4-7(10(9)15-2)8-6-16-11(13)12-8/h3-5,8H,6H2,1-2H3,(H,12,13)/t8-/m1/s1. The molecule has 0 radical (unpaired) electrons. The van der Waals surface area contributed by atoms with Crippen molar-refractivity contribution in [2.75, 3.05) is 20.8 Å². The summed E-state index contributed by atoms with van der Waals surface area (Å²) in [4.78, 5) is 11.0. The van der Waals surface area contributed by atoms with E-state index in [1.54, 1.807) is 20.3 Å². The van der Waals surface area contributed by atoms with E-state index in [1.807, 2.05) is 12.1 Å². The average Bonchev–Trinajstić information content (AvgIpc) is 2.74. The van der Waals surface area contributed by atoms with Gasteiger partial charge in [0.25, 0.3) is 0 Å². The predicted octanol–water partition coefficient (Wildman–Crippen LogP) is 1.48. The topological polar surface area (TPSA) is 56.8 Å². The van der Waals surface area contributed by atoms with Gasteiger partial charge in [-0.05, 0) is 6.07 Å². The first-order valence-electron chi connectivity index (χ1n) is 4.90. The fourth-order valence-electron chi connectivity index (χ4n) is 1.74. The summed E-state index contributed by atoms with van der Waals surface area (Å²) in [6.45, 7) is 0.308. The molecule has 1 aromatic carbocycles. The second-order valence-corrected chi connectivity index (χ2v) is 3.38. The number of carbonyl (C=O) groups excluding carboxylic acids is 1. The third-order valence-electron chi connectivity index (χ3n) is 2.48. The summed E-state index contributed by atoms with van der Waals surface area (Å²) in [6.07, 6.45) is -0.408. The highest BCUT2D eigenvalue weighted by molar-refractivity contribution is 5.70. The Kier molecular flexibility index (Phi) is 2.85. The van der Waals surface area contributed by atoms with Crippen molar-refractivity contribution in [3.63, 3.8) is 0 Å². The molecular weight excluding hydrogens is 210 g/mol. The Labute approximate surface area is 93.3 Å². The maximum Gasteiger partial charge on any atom is 0.407 e. The molecule has 0 aromatic heterocycles. The molecule has 1 aliphatic rings. The number of cyclic esters (lactones) is 1. The van der Waals surface area contributed by atoms with E-state index in [0.29, 0.717) is 18.1 Å². The normalized spacial score (nSPS) is 18.9. The molecule has 1 aliphatic heterocycles. The van der Waals surface area contributed by atoms with Gasteiger partial charge in [0.05, 0.1) is 20.3 Å². The average molecular weight is 223 g/mol. The van der Waals surface area contributed by atoms with Crippen LogP contribution in [0.3, 0.4) is 0 Å². The highest BCUT2D eigenvalue weighted by atomic mass is 16.6. The second-order valence-electron chi connectivity index (χ2n) is 3.38. The van der Waals surface area contributed by atoms with Crippen molar-refractivity contribution in [1.29, 1.82) is 0 Å². The largest absolute Gasteiger partial charge is 0.493 e. The van der Waals surface area contributed by atoms with Crippen LogP contribution in [0.1, 0.15) is 11.6 Å². The van der Waals surface area contributed by atoms with Gasteiger partial charge in [0.2, 0.25) is 0 Å². The molecule has 1 heterocycles. The van der Waals surface area contributed by atoms with Crippen molar-refractivity contribution >= 4 is 6.09 Å². The quantitative estimate of drug-likeness (QED) is 0.843. The molecule has 0 saturated carbocycles. The fourth-order valence-corrected chi connectivity index (χ4v) is 1.74. The molecule has 1 aromatic rings. The number of rotatable bonds is 3. The second kappa shape index (κ2) is 4.30. The van der Waals surface area contributed by atoms with E-state index in [1.165, 1.54) is 0 Å². The Morgan fingerprint density at radius 2 is 2.19 bits per heavy atom. The lowest BCUT2D eigenvalue weighted by Crippen LogP contribution is -2.19. The summed E-state index contributed by atoms with van der Waals surface area (Å²) in [5.74, 6) is 1.27. The number of nitrogens with one attached hydrogen (secondary N) is 1. The molecule has 86 valence electrons. The van der Waals surface area contributed by atoms with Crippen LogP contribution in [-0.2, 0) is 4.74 Å². The molecule has 1 saturated heterocycles. The molecule has 0 bridgehead atoms. The summed E-state index contributed by atoms with van der Waals surface area (Å²) in [5, 5.41) is 2.70. The number of carbonyl (C=O) groups is 1. The molecule has 1 fully saturated rings. The van der Waals surface area contributed by atoms with Crippen molar-refractivity contribution in [1.82, 2.24) is 5.32 Å². The zero-order chi connectivity index (χ0) is 11.5. The molecule has 0 unspecified atom stereocenters. The predicted molar refractivity (Wildman–Crippen MR) is 56.8 cm³/mol. The number of ether oxygens (including phenoxy) is 3. The van der Waals surface area contributed by atoms with Gasteiger partial charge in [-0.3, -0.25) is 0 Å². The van der Waals surface area contributed by atoms with Crippen LogP contribution in [-0.4, -0.2) is 26.9 Å². The zero-order valence-corrected chi connectivity index (χ0v) is 9.15. The van der Waals surface area contributed by atoms with Crippen LogP contribution < -0.4 is 14.8 Å². The van der Waals surface area contributed by atoms with E-state index in [0.717, 1.165) is 5.56 Å². The zero-order valence-electron chi connectivity index (χ0n) is 9.15. The van der Waals surface area contributed by atoms with E-state index in [9.17, 15) is 4.79 Å². The van der Waals surface area contributed by atoms with E-state index in [-0.39, 0.29) is 6.04 Å². The van der Waals surface area contributed by atoms with Crippen LogP contribution in [0.5, 0.6) is 11.5 Å². The Hall–Kier alpha value is -1.91. The van der Waals surface area contributed by atoms with Crippen LogP contribution in [0.25, 0.3) is 0 Å². The number of amides is 1. The third-order valence-corrected chi connectivity index (χ3v) is 2.48. The highest BCUT2D eigenvalue weighted by Crippen LogP contribution is 2.35. The Balaban J connectivity index is 2.36. The van der Waals surface area contributed by atoms with Gasteiger partial charge >= 0.3 is 6.09 Å². The molecule has 16 heavy (non-hydrogen) atoms. The minimum Gasteiger partial charge on any atom is -0.493 e. The molecule has 0 spiro atoms. The summed E-state index contributed by atoms with van der Waals surface area (Å²) in [5.41, 5.74) is 0.854. The monoisotopic (exact) mass is 223 g/mol. The number of alkyl carbamates (subject to hydrolysis) is 1. The van der Waals surface area contributed by atoms with E-state index in [4.69, 9.17) is 14.2 Å². The van der Waals surface area contributed by atoms with Gasteiger partial charge < -0.3 is 19.5 Å². The molecule has 0 aliphatic carbocycles. The summed E-state index contributed by atoms with van der Waals surface area (Å²) in [7, 11) is 3.14. The number of para-hydroxylation sites is 1. The first-order valence-corrected chi connectivity index (χ1v) is 4.90. The first-order chi connectivity index (χ1) is 7.76. The Morgan fingerprint density at radius 3 is 2.75 bits per heavy atom. The minimum absolute atomic E-state index is 0.183. The van der Waals surface area contributed by atoms with Gasteiger partial charge in [-0.1, -0.05) is 12.1 Å². The Morgan fingerprint density at radius 1 is 1.38 bits per heavy atom. The summed E-state index contributed by atoms with van der Waals surface area (Å²) < 4.78 is 15.3. The minimum atomic E-state index is -0.408. The number of methoxy groups -OCH3 is 2. The van der Waals surface area contributed by atoms with Crippen LogP contribution in [0, 0.1) is 0 Å². The lowest BCUT2D eigenvalue weighted by atomic mass is 10.1. The van der Waals surface area contributed by atoms with Crippen LogP contribution >= 0.6 is 0 Å². The summed E-state index contributed by atoms with van der Waals surface area (Å²) >= 11 is 0. The molecule has 1 atom stereocenters. The Bertz CT molecular complexity index is 405. The molecule has 2 rings (SSSR count). The lowest BCUT2D eigenvalue weighted by Gasteiger charge is -2.15. The van der Waals surface area contributed by atoms with E-state index < -0.39 is 6.09 Å². The van der Waals surface area contributed by atoms with Crippen molar-refractivity contribution in [2.45, 2.75) is 6.04 Å². The number of hydrogen-bond acceptors (Lipinski definition) is 4. The molecule has 5 heteroatoms. The SMILES string of the molecule is COc1cccc([C@H]2COC(=O)N2)c1OC. The molecule has 5 nitrogen and oxygen atoms in total. The third kappa shape index (κ3) is 1.76. The van der Waals surface area contributed by atoms with Gasteiger partial charge in [-0.15, -0.1) is 0 Å². The van der Waals surface area contributed by atoms with Crippen LogP contribution in [0.2, 0.25) is 0 Å². The molecule has 1 amide bonds. The lowest BCUT2D eigenvalue weighted by molar-refractivity contribution is 0.176. The van der Waals surface area contributed by atoms with Gasteiger partial charge in [-0.2, -0.15) is 0 Å². The summed E-state index contributed by atoms with van der Waals surface area (Å²) in [6, 6.07) is 5.35. The van der Waals surface area contributed by atoms with Crippen molar-refractivity contribution in [3.8, 4) is 11.5 Å². The van der Waals surface area contributed by atoms with Crippen LogP contribution in [0.15, 0.2) is 18.2 Å². The van der Waals surface area contributed by atoms with Gasteiger partial charge in [0.15, 0.2) is 11.5 Å². The van der Waals surface area contributed by atoms with Gasteiger partial charge in [0.1, 0.15) is 6.61 Å². The van der Waals surface area contributed by atoms with Gasteiger partial charge in [0, 0.05) is 5.56 Å². The first kappa shape index (κ1) is 10.6. The van der Waals surface area contributed by atoms with E-state index in [2.05, 4.69) is 5.32 Å². The van der Waals surface area contributed by atoms with Crippen molar-refractivity contribution in [3.05, 3.63) is 23.8 Å². The fraction of sp³-hybridized carbons (Fsp3) is 0.364. The maximum absolute atomic E-state index is 11.0. The smallest absolute Gasteiger partial charge is 0.407 e. The maximum atomic E-state index is 11.0. The highest BCUT2D eigenvalue weighted by Gasteiger charge is 2.27. The number of benzene rings is 1. The van der Waals surface area contributed by atoms with Crippen LogP contribution in [0.4, 0.5) is 4.79 Å². The molecular formula is C11H13NO4. The van der Waals surface area contributed by atoms with Crippen molar-refractivity contribution in [2.24, 2.45) is 0 Å². The van der Waals surface area contributed by atoms with E-state index >= 15 is 0 Å².